The zero-order chi connectivity index (χ0) is 25.8. The minimum atomic E-state index is -4.78. The highest BCUT2D eigenvalue weighted by Crippen LogP contribution is 2.49. The van der Waals surface area contributed by atoms with Gasteiger partial charge in [-0.25, -0.2) is 0 Å². The van der Waals surface area contributed by atoms with Gasteiger partial charge in [0.25, 0.3) is 5.91 Å². The lowest BCUT2D eigenvalue weighted by Gasteiger charge is -2.43. The van der Waals surface area contributed by atoms with Gasteiger partial charge in [0.1, 0.15) is 18.2 Å². The molecule has 2 aliphatic heterocycles. The Morgan fingerprint density at radius 2 is 1.92 bits per heavy atom. The molecule has 188 valence electrons. The van der Waals surface area contributed by atoms with Crippen LogP contribution < -0.4 is 19.3 Å². The molecule has 36 heavy (non-hydrogen) atoms. The Morgan fingerprint density at radius 1 is 1.19 bits per heavy atom. The first-order valence-corrected chi connectivity index (χ1v) is 11.5. The number of benzene rings is 2. The van der Waals surface area contributed by atoms with Crippen molar-refractivity contribution in [2.45, 2.75) is 43.2 Å². The standard InChI is InChI=1S/C24H20F3N3O5S/c25-24(26,27)16-8-14(3-2-13(16)10-28)29-21(33)23(6-1-7-23)30(22(29)36)15-4-5-18-19(9-15)34-12-20(35-18)17(32)11-31/h2-5,8-9,17,20,31-32H,1,6-7,11-12H2/t17-,20-/m1/s1. The number of aliphatic hydroxyl groups is 2. The van der Waals surface area contributed by atoms with Crippen molar-refractivity contribution in [2.24, 2.45) is 0 Å². The number of thiocarbonyl (C=S) groups is 1. The molecule has 0 radical (unpaired) electrons. The van der Waals surface area contributed by atoms with Gasteiger partial charge in [-0.2, -0.15) is 18.4 Å². The van der Waals surface area contributed by atoms with Gasteiger partial charge in [-0.3, -0.25) is 9.69 Å². The predicted octanol–water partition coefficient (Wildman–Crippen LogP) is 3.13. The Hall–Kier alpha value is -3.40. The van der Waals surface area contributed by atoms with E-state index >= 15 is 0 Å². The molecule has 2 aromatic carbocycles. The highest BCUT2D eigenvalue weighted by molar-refractivity contribution is 7.81. The van der Waals surface area contributed by atoms with Gasteiger partial charge < -0.3 is 24.6 Å². The van der Waals surface area contributed by atoms with E-state index in [1.54, 1.807) is 23.1 Å². The number of fused-ring (bicyclic) bond motifs is 1. The fourth-order valence-corrected chi connectivity index (χ4v) is 5.20. The molecule has 1 aliphatic carbocycles. The van der Waals surface area contributed by atoms with Crippen LogP contribution in [0.5, 0.6) is 11.5 Å². The summed E-state index contributed by atoms with van der Waals surface area (Å²) in [6.07, 6.45) is -4.99. The lowest BCUT2D eigenvalue weighted by Crippen LogP contribution is -2.55. The molecule has 12 heteroatoms. The number of anilines is 2. The molecule has 0 aromatic heterocycles. The normalized spacial score (nSPS) is 21.4. The molecule has 2 fully saturated rings. The topological polar surface area (TPSA) is 106 Å². The summed E-state index contributed by atoms with van der Waals surface area (Å²) in [5.74, 6) is 0.243. The molecular weight excluding hydrogens is 499 g/mol. The molecule has 0 bridgehead atoms. The Labute approximate surface area is 209 Å². The minimum absolute atomic E-state index is 0.00964. The SMILES string of the molecule is N#Cc1ccc(N2C(=O)C3(CCC3)N(c3ccc4c(c3)OC[C@H]([C@H](O)CO)O4)C2=S)cc1C(F)(F)F. The van der Waals surface area contributed by atoms with E-state index in [9.17, 15) is 23.1 Å². The third-order valence-electron chi connectivity index (χ3n) is 6.76. The van der Waals surface area contributed by atoms with Gasteiger partial charge in [-0.15, -0.1) is 0 Å². The van der Waals surface area contributed by atoms with Crippen LogP contribution in [-0.4, -0.2) is 52.2 Å². The lowest BCUT2D eigenvalue weighted by molar-refractivity contribution is -0.137. The Kier molecular flexibility index (Phi) is 5.82. The number of nitriles is 1. The number of hydrogen-bond acceptors (Lipinski definition) is 7. The fourth-order valence-electron chi connectivity index (χ4n) is 4.73. The Balaban J connectivity index is 1.52. The zero-order valence-corrected chi connectivity index (χ0v) is 19.5. The largest absolute Gasteiger partial charge is 0.486 e. The molecule has 8 nitrogen and oxygen atoms in total. The van der Waals surface area contributed by atoms with Gasteiger partial charge in [-0.05, 0) is 61.8 Å². The maximum atomic E-state index is 13.6. The minimum Gasteiger partial charge on any atom is -0.486 e. The van der Waals surface area contributed by atoms with E-state index in [1.807, 2.05) is 0 Å². The summed E-state index contributed by atoms with van der Waals surface area (Å²) < 4.78 is 52.1. The van der Waals surface area contributed by atoms with E-state index in [0.717, 1.165) is 23.5 Å². The third kappa shape index (κ3) is 3.66. The fraction of sp³-hybridized carbons (Fsp3) is 0.375. The van der Waals surface area contributed by atoms with Gasteiger partial charge in [0.2, 0.25) is 0 Å². The summed E-state index contributed by atoms with van der Waals surface area (Å²) in [7, 11) is 0. The number of ether oxygens (including phenoxy) is 2. The average Bonchev–Trinajstić information content (AvgIpc) is 3.08. The number of hydrogen-bond donors (Lipinski definition) is 2. The Morgan fingerprint density at radius 3 is 2.53 bits per heavy atom. The summed E-state index contributed by atoms with van der Waals surface area (Å²) in [4.78, 5) is 16.3. The van der Waals surface area contributed by atoms with E-state index in [0.29, 0.717) is 30.0 Å². The number of nitrogens with zero attached hydrogens (tertiary/aromatic N) is 3. The summed E-state index contributed by atoms with van der Waals surface area (Å²) in [6, 6.07) is 9.49. The van der Waals surface area contributed by atoms with Crippen LogP contribution in [0.3, 0.4) is 0 Å². The first-order chi connectivity index (χ1) is 17.1. The van der Waals surface area contributed by atoms with Crippen LogP contribution in [0.1, 0.15) is 30.4 Å². The monoisotopic (exact) mass is 519 g/mol. The quantitative estimate of drug-likeness (QED) is 0.594. The molecule has 1 spiro atoms. The lowest BCUT2D eigenvalue weighted by atomic mass is 9.75. The van der Waals surface area contributed by atoms with Gasteiger partial charge in [0.05, 0.1) is 29.5 Å². The number of aliphatic hydroxyl groups excluding tert-OH is 2. The van der Waals surface area contributed by atoms with E-state index in [2.05, 4.69) is 0 Å². The van der Waals surface area contributed by atoms with Crippen molar-refractivity contribution >= 4 is 34.6 Å². The van der Waals surface area contributed by atoms with Crippen molar-refractivity contribution in [2.75, 3.05) is 23.0 Å². The summed E-state index contributed by atoms with van der Waals surface area (Å²) in [5.41, 5.74) is -2.29. The summed E-state index contributed by atoms with van der Waals surface area (Å²) in [6.45, 7) is -0.500. The second-order valence-electron chi connectivity index (χ2n) is 8.83. The van der Waals surface area contributed by atoms with Crippen molar-refractivity contribution in [3.05, 3.63) is 47.5 Å². The van der Waals surface area contributed by atoms with Crippen LogP contribution >= 0.6 is 12.2 Å². The Bertz CT molecular complexity index is 1290. The highest BCUT2D eigenvalue weighted by atomic mass is 32.1. The van der Waals surface area contributed by atoms with Crippen LogP contribution in [0.2, 0.25) is 0 Å². The number of halogens is 3. The first kappa shape index (κ1) is 24.3. The summed E-state index contributed by atoms with van der Waals surface area (Å²) >= 11 is 5.63. The number of carbonyl (C=O) groups is 1. The number of amides is 1. The van der Waals surface area contributed by atoms with Gasteiger partial charge in [-0.1, -0.05) is 0 Å². The van der Waals surface area contributed by atoms with Gasteiger partial charge in [0, 0.05) is 11.8 Å². The second-order valence-corrected chi connectivity index (χ2v) is 9.20. The summed E-state index contributed by atoms with van der Waals surface area (Å²) in [5, 5.41) is 28.1. The third-order valence-corrected chi connectivity index (χ3v) is 7.13. The second kappa shape index (κ2) is 8.62. The average molecular weight is 520 g/mol. The van der Waals surface area contributed by atoms with Crippen molar-refractivity contribution < 1.29 is 37.7 Å². The first-order valence-electron chi connectivity index (χ1n) is 11.1. The van der Waals surface area contributed by atoms with Gasteiger partial charge >= 0.3 is 6.18 Å². The van der Waals surface area contributed by atoms with E-state index in [1.165, 1.54) is 12.1 Å². The van der Waals surface area contributed by atoms with E-state index in [-0.39, 0.29) is 17.4 Å². The highest BCUT2D eigenvalue weighted by Gasteiger charge is 2.59. The molecule has 5 rings (SSSR count). The van der Waals surface area contributed by atoms with E-state index < -0.39 is 47.6 Å². The maximum Gasteiger partial charge on any atom is 0.417 e. The number of rotatable bonds is 4. The smallest absolute Gasteiger partial charge is 0.417 e. The van der Waals surface area contributed by atoms with Gasteiger partial charge in [0.15, 0.2) is 22.7 Å². The van der Waals surface area contributed by atoms with Crippen molar-refractivity contribution in [1.29, 1.82) is 5.26 Å². The van der Waals surface area contributed by atoms with Crippen molar-refractivity contribution in [3.8, 4) is 17.6 Å². The number of alkyl halides is 3. The van der Waals surface area contributed by atoms with Crippen LogP contribution in [0.4, 0.5) is 24.5 Å². The zero-order valence-electron chi connectivity index (χ0n) is 18.7. The van der Waals surface area contributed by atoms with Crippen LogP contribution in [0.25, 0.3) is 0 Å². The number of carbonyl (C=O) groups excluding carboxylic acids is 1. The predicted molar refractivity (Wildman–Crippen MR) is 125 cm³/mol. The molecule has 2 heterocycles. The van der Waals surface area contributed by atoms with Crippen molar-refractivity contribution in [3.63, 3.8) is 0 Å². The molecule has 1 saturated carbocycles. The molecular formula is C24H20F3N3O5S. The van der Waals surface area contributed by atoms with Crippen molar-refractivity contribution in [1.82, 2.24) is 0 Å². The molecule has 1 saturated heterocycles. The molecule has 2 N–H and O–H groups in total. The molecule has 2 atom stereocenters. The van der Waals surface area contributed by atoms with E-state index in [4.69, 9.17) is 32.1 Å². The van der Waals surface area contributed by atoms with Crippen LogP contribution in [-0.2, 0) is 11.0 Å². The maximum absolute atomic E-state index is 13.6. The molecule has 0 unspecified atom stereocenters. The molecule has 2 aromatic rings. The molecule has 3 aliphatic rings. The molecule has 1 amide bonds. The van der Waals surface area contributed by atoms with Crippen LogP contribution in [0, 0.1) is 11.3 Å². The van der Waals surface area contributed by atoms with Crippen LogP contribution in [0.15, 0.2) is 36.4 Å².